The number of ether oxygens (including phenoxy) is 1. The number of nitrogens with zero attached hydrogens (tertiary/aromatic N) is 6. The van der Waals surface area contributed by atoms with Gasteiger partial charge in [-0.3, -0.25) is 9.78 Å². The summed E-state index contributed by atoms with van der Waals surface area (Å²) in [4.78, 5) is 23.1. The Hall–Kier alpha value is -4.01. The summed E-state index contributed by atoms with van der Waals surface area (Å²) >= 11 is 0. The summed E-state index contributed by atoms with van der Waals surface area (Å²) in [6.45, 7) is 0.851. The minimum atomic E-state index is -0.152. The summed E-state index contributed by atoms with van der Waals surface area (Å²) < 4.78 is 12.8. The molecule has 0 saturated carbocycles. The molecule has 9 nitrogen and oxygen atoms in total. The van der Waals surface area contributed by atoms with Gasteiger partial charge in [0.1, 0.15) is 25.0 Å². The second-order valence-electron chi connectivity index (χ2n) is 7.21. The van der Waals surface area contributed by atoms with E-state index in [2.05, 4.69) is 20.2 Å². The molecule has 0 bridgehead atoms. The van der Waals surface area contributed by atoms with Crippen LogP contribution in [0.3, 0.4) is 0 Å². The lowest BCUT2D eigenvalue weighted by atomic mass is 10.1. The standard InChI is InChI=1S/C22H20N6O3/c29-22(27-11-3-5-21(27)19-4-1-2-10-24-19)20-12-18(31-26-20)13-30-17-8-6-16(7-9-17)28-15-23-14-25-28/h1-2,4,6-10,12,14-15,21H,3,5,11,13H2/t21-/m0/s1. The van der Waals surface area contributed by atoms with Crippen LogP contribution in [-0.2, 0) is 6.61 Å². The fourth-order valence-corrected chi connectivity index (χ4v) is 3.71. The van der Waals surface area contributed by atoms with Crippen molar-refractivity contribution in [3.63, 3.8) is 0 Å². The summed E-state index contributed by atoms with van der Waals surface area (Å²) in [7, 11) is 0. The highest BCUT2D eigenvalue weighted by molar-refractivity contribution is 5.92. The minimum Gasteiger partial charge on any atom is -0.486 e. The van der Waals surface area contributed by atoms with Gasteiger partial charge in [-0.05, 0) is 49.2 Å². The maximum atomic E-state index is 13.0. The van der Waals surface area contributed by atoms with Gasteiger partial charge in [0.15, 0.2) is 11.5 Å². The Kier molecular flexibility index (Phi) is 5.14. The molecule has 0 unspecified atom stereocenters. The smallest absolute Gasteiger partial charge is 0.276 e. The molecule has 1 aromatic carbocycles. The van der Waals surface area contributed by atoms with Crippen molar-refractivity contribution in [1.29, 1.82) is 0 Å². The molecule has 0 aliphatic carbocycles. The monoisotopic (exact) mass is 416 g/mol. The van der Waals surface area contributed by atoms with Gasteiger partial charge >= 0.3 is 0 Å². The van der Waals surface area contributed by atoms with E-state index in [1.807, 2.05) is 47.4 Å². The van der Waals surface area contributed by atoms with Crippen molar-refractivity contribution >= 4 is 5.91 Å². The van der Waals surface area contributed by atoms with Crippen LogP contribution in [0, 0.1) is 0 Å². The fourth-order valence-electron chi connectivity index (χ4n) is 3.71. The van der Waals surface area contributed by atoms with Crippen LogP contribution in [0.1, 0.15) is 40.8 Å². The molecular formula is C22H20N6O3. The van der Waals surface area contributed by atoms with Gasteiger partial charge in [-0.15, -0.1) is 0 Å². The molecule has 4 aromatic rings. The number of carbonyl (C=O) groups excluding carboxylic acids is 1. The Morgan fingerprint density at radius 2 is 2.10 bits per heavy atom. The van der Waals surface area contributed by atoms with Gasteiger partial charge in [-0.25, -0.2) is 9.67 Å². The Balaban J connectivity index is 1.22. The van der Waals surface area contributed by atoms with E-state index in [4.69, 9.17) is 9.26 Å². The maximum Gasteiger partial charge on any atom is 0.276 e. The largest absolute Gasteiger partial charge is 0.486 e. The van der Waals surface area contributed by atoms with Gasteiger partial charge in [0.05, 0.1) is 17.4 Å². The van der Waals surface area contributed by atoms with Crippen LogP contribution in [0.15, 0.2) is 71.9 Å². The number of aromatic nitrogens is 5. The molecule has 0 radical (unpaired) electrons. The van der Waals surface area contributed by atoms with Gasteiger partial charge in [-0.2, -0.15) is 5.10 Å². The van der Waals surface area contributed by atoms with E-state index >= 15 is 0 Å². The minimum absolute atomic E-state index is 0.0337. The Morgan fingerprint density at radius 1 is 1.19 bits per heavy atom. The third kappa shape index (κ3) is 4.02. The molecule has 31 heavy (non-hydrogen) atoms. The first-order chi connectivity index (χ1) is 15.3. The third-order valence-electron chi connectivity index (χ3n) is 5.22. The summed E-state index contributed by atoms with van der Waals surface area (Å²) in [5.74, 6) is 1.00. The number of carbonyl (C=O) groups is 1. The molecule has 4 heterocycles. The van der Waals surface area contributed by atoms with Crippen LogP contribution < -0.4 is 4.74 Å². The van der Waals surface area contributed by atoms with E-state index in [9.17, 15) is 4.79 Å². The van der Waals surface area contributed by atoms with E-state index in [0.29, 0.717) is 18.1 Å². The van der Waals surface area contributed by atoms with Crippen LogP contribution in [0.4, 0.5) is 0 Å². The normalized spacial score (nSPS) is 15.9. The molecule has 3 aromatic heterocycles. The average Bonchev–Trinajstić information content (AvgIpc) is 3.60. The van der Waals surface area contributed by atoms with Crippen molar-refractivity contribution in [1.82, 2.24) is 29.8 Å². The lowest BCUT2D eigenvalue weighted by Gasteiger charge is -2.23. The zero-order valence-electron chi connectivity index (χ0n) is 16.7. The van der Waals surface area contributed by atoms with E-state index < -0.39 is 0 Å². The van der Waals surface area contributed by atoms with Crippen molar-refractivity contribution < 1.29 is 14.1 Å². The molecule has 1 amide bonds. The molecule has 0 spiro atoms. The Morgan fingerprint density at radius 3 is 2.87 bits per heavy atom. The number of rotatable bonds is 6. The molecule has 1 saturated heterocycles. The van der Waals surface area contributed by atoms with Gasteiger partial charge < -0.3 is 14.2 Å². The molecular weight excluding hydrogens is 396 g/mol. The molecule has 0 N–H and O–H groups in total. The highest BCUT2D eigenvalue weighted by Gasteiger charge is 2.32. The number of hydrogen-bond donors (Lipinski definition) is 0. The van der Waals surface area contributed by atoms with Gasteiger partial charge in [0, 0.05) is 18.8 Å². The van der Waals surface area contributed by atoms with Crippen molar-refractivity contribution in [3.8, 4) is 11.4 Å². The number of benzene rings is 1. The number of hydrogen-bond acceptors (Lipinski definition) is 7. The SMILES string of the molecule is O=C(c1cc(COc2ccc(-n3cncn3)cc2)on1)N1CCC[C@H]1c1ccccn1. The predicted octanol–water partition coefficient (Wildman–Crippen LogP) is 3.21. The maximum absolute atomic E-state index is 13.0. The van der Waals surface area contributed by atoms with Crippen molar-refractivity contribution in [2.45, 2.75) is 25.5 Å². The van der Waals surface area contributed by atoms with Crippen LogP contribution in [0.2, 0.25) is 0 Å². The number of likely N-dealkylation sites (tertiary alicyclic amines) is 1. The molecule has 156 valence electrons. The number of pyridine rings is 1. The summed E-state index contributed by atoms with van der Waals surface area (Å²) in [6, 6.07) is 14.8. The molecule has 1 fully saturated rings. The fraction of sp³-hybridized carbons (Fsp3) is 0.227. The van der Waals surface area contributed by atoms with E-state index in [-0.39, 0.29) is 24.2 Å². The Bertz CT molecular complexity index is 1140. The molecule has 9 heteroatoms. The highest BCUT2D eigenvalue weighted by Crippen LogP contribution is 2.31. The summed E-state index contributed by atoms with van der Waals surface area (Å²) in [5, 5.41) is 8.05. The van der Waals surface area contributed by atoms with Crippen LogP contribution in [0.25, 0.3) is 5.69 Å². The van der Waals surface area contributed by atoms with Gasteiger partial charge in [-0.1, -0.05) is 11.2 Å². The summed E-state index contributed by atoms with van der Waals surface area (Å²) in [6.07, 6.45) is 6.68. The molecule has 1 aliphatic rings. The topological polar surface area (TPSA) is 99.2 Å². The van der Waals surface area contributed by atoms with Crippen molar-refractivity contribution in [3.05, 3.63) is 84.5 Å². The highest BCUT2D eigenvalue weighted by atomic mass is 16.5. The lowest BCUT2D eigenvalue weighted by molar-refractivity contribution is 0.0722. The molecule has 1 aliphatic heterocycles. The predicted molar refractivity (Wildman–Crippen MR) is 109 cm³/mol. The van der Waals surface area contributed by atoms with E-state index in [1.54, 1.807) is 23.3 Å². The van der Waals surface area contributed by atoms with Crippen LogP contribution in [-0.4, -0.2) is 42.3 Å². The first kappa shape index (κ1) is 19.0. The quantitative estimate of drug-likeness (QED) is 0.476. The second kappa shape index (κ2) is 8.39. The second-order valence-corrected chi connectivity index (χ2v) is 7.21. The first-order valence-electron chi connectivity index (χ1n) is 10.0. The van der Waals surface area contributed by atoms with Gasteiger partial charge in [0.25, 0.3) is 5.91 Å². The average molecular weight is 416 g/mol. The zero-order valence-corrected chi connectivity index (χ0v) is 16.7. The van der Waals surface area contributed by atoms with Gasteiger partial charge in [0.2, 0.25) is 0 Å². The lowest BCUT2D eigenvalue weighted by Crippen LogP contribution is -2.31. The first-order valence-corrected chi connectivity index (χ1v) is 10.0. The molecule has 5 rings (SSSR count). The number of amides is 1. The summed E-state index contributed by atoms with van der Waals surface area (Å²) in [5.41, 5.74) is 2.06. The van der Waals surface area contributed by atoms with Crippen molar-refractivity contribution in [2.24, 2.45) is 0 Å². The van der Waals surface area contributed by atoms with E-state index in [1.165, 1.54) is 6.33 Å². The Labute approximate surface area is 178 Å². The van der Waals surface area contributed by atoms with Crippen molar-refractivity contribution in [2.75, 3.05) is 6.54 Å². The third-order valence-corrected chi connectivity index (χ3v) is 5.22. The van der Waals surface area contributed by atoms with Crippen LogP contribution >= 0.6 is 0 Å². The zero-order chi connectivity index (χ0) is 21.0. The van der Waals surface area contributed by atoms with E-state index in [0.717, 1.165) is 24.2 Å². The molecule has 1 atom stereocenters. The van der Waals surface area contributed by atoms with Crippen LogP contribution in [0.5, 0.6) is 5.75 Å².